The molecule has 1 aliphatic heterocycles. The van der Waals surface area contributed by atoms with Crippen molar-refractivity contribution in [3.05, 3.63) is 53.4 Å². The molecule has 1 aromatic rings. The monoisotopic (exact) mass is 238 g/mol. The second-order valence-corrected chi connectivity index (χ2v) is 4.86. The van der Waals surface area contributed by atoms with Crippen LogP contribution in [0.2, 0.25) is 0 Å². The number of nitrogens with zero attached hydrogens (tertiary/aromatic N) is 1. The molecule has 1 aliphatic carbocycles. The molecule has 0 spiro atoms. The van der Waals surface area contributed by atoms with Crippen molar-refractivity contribution in [3.63, 3.8) is 0 Å². The van der Waals surface area contributed by atoms with E-state index in [0.717, 1.165) is 23.4 Å². The molecule has 0 radical (unpaired) electrons. The number of allylic oxidation sites excluding steroid dienone is 2. The Balaban J connectivity index is 1.89. The smallest absolute Gasteiger partial charge is 0.0599 e. The molecule has 0 saturated heterocycles. The quantitative estimate of drug-likeness (QED) is 0.776. The van der Waals surface area contributed by atoms with Crippen LogP contribution in [0.4, 0.5) is 5.69 Å². The second kappa shape index (κ2) is 5.21. The van der Waals surface area contributed by atoms with Gasteiger partial charge in [0.2, 0.25) is 0 Å². The van der Waals surface area contributed by atoms with Gasteiger partial charge in [0.1, 0.15) is 0 Å². The first-order chi connectivity index (χ1) is 8.93. The summed E-state index contributed by atoms with van der Waals surface area (Å²) in [6.07, 6.45) is 12.6. The standard InChI is InChI=1S/C16H18N2/c1-2-4-8-13(7-3-1)16-12-17-11-14-9-5-6-10-15(14)18-16/h5-7,9-12,18H,1-4,8H2. The van der Waals surface area contributed by atoms with Crippen LogP contribution in [0.5, 0.6) is 0 Å². The summed E-state index contributed by atoms with van der Waals surface area (Å²) in [4.78, 5) is 4.41. The predicted molar refractivity (Wildman–Crippen MR) is 76.9 cm³/mol. The molecule has 92 valence electrons. The minimum absolute atomic E-state index is 1.15. The highest BCUT2D eigenvalue weighted by atomic mass is 14.9. The SMILES string of the molecule is C1=NC=C(C2=CCCCCC2)Nc2ccccc21. The first-order valence-corrected chi connectivity index (χ1v) is 6.72. The van der Waals surface area contributed by atoms with Crippen molar-refractivity contribution in [2.75, 3.05) is 5.32 Å². The van der Waals surface area contributed by atoms with Crippen LogP contribution in [-0.2, 0) is 0 Å². The molecule has 2 aliphatic rings. The van der Waals surface area contributed by atoms with Crippen LogP contribution < -0.4 is 5.32 Å². The number of benzene rings is 1. The van der Waals surface area contributed by atoms with Gasteiger partial charge in [0, 0.05) is 17.5 Å². The van der Waals surface area contributed by atoms with E-state index in [1.807, 2.05) is 18.5 Å². The maximum Gasteiger partial charge on any atom is 0.0599 e. The first-order valence-electron chi connectivity index (χ1n) is 6.72. The van der Waals surface area contributed by atoms with Gasteiger partial charge in [0.25, 0.3) is 0 Å². The Labute approximate surface area is 108 Å². The fraction of sp³-hybridized carbons (Fsp3) is 0.312. The summed E-state index contributed by atoms with van der Waals surface area (Å²) >= 11 is 0. The highest BCUT2D eigenvalue weighted by Crippen LogP contribution is 2.27. The van der Waals surface area contributed by atoms with Crippen molar-refractivity contribution in [2.45, 2.75) is 32.1 Å². The van der Waals surface area contributed by atoms with Crippen molar-refractivity contribution in [1.82, 2.24) is 0 Å². The molecule has 0 saturated carbocycles. The summed E-state index contributed by atoms with van der Waals surface area (Å²) in [7, 11) is 0. The highest BCUT2D eigenvalue weighted by Gasteiger charge is 2.11. The lowest BCUT2D eigenvalue weighted by Crippen LogP contribution is -2.03. The number of anilines is 1. The van der Waals surface area contributed by atoms with E-state index in [9.17, 15) is 0 Å². The Bertz CT molecular complexity index is 524. The Morgan fingerprint density at radius 2 is 2.00 bits per heavy atom. The lowest BCUT2D eigenvalue weighted by molar-refractivity contribution is 0.712. The average molecular weight is 238 g/mol. The Morgan fingerprint density at radius 3 is 3.00 bits per heavy atom. The second-order valence-electron chi connectivity index (χ2n) is 4.86. The molecule has 0 aromatic heterocycles. The van der Waals surface area contributed by atoms with Crippen molar-refractivity contribution in [1.29, 1.82) is 0 Å². The summed E-state index contributed by atoms with van der Waals surface area (Å²) < 4.78 is 0. The van der Waals surface area contributed by atoms with Gasteiger partial charge in [-0.05, 0) is 37.3 Å². The van der Waals surface area contributed by atoms with E-state index in [-0.39, 0.29) is 0 Å². The zero-order valence-electron chi connectivity index (χ0n) is 10.5. The molecule has 0 unspecified atom stereocenters. The van der Waals surface area contributed by atoms with Crippen molar-refractivity contribution >= 4 is 11.9 Å². The number of rotatable bonds is 1. The summed E-state index contributed by atoms with van der Waals surface area (Å²) in [5.74, 6) is 0. The number of hydrogen-bond donors (Lipinski definition) is 1. The zero-order valence-corrected chi connectivity index (χ0v) is 10.5. The van der Waals surface area contributed by atoms with Gasteiger partial charge in [-0.25, -0.2) is 0 Å². The van der Waals surface area contributed by atoms with Gasteiger partial charge >= 0.3 is 0 Å². The molecular formula is C16H18N2. The molecule has 1 heterocycles. The molecule has 3 rings (SSSR count). The molecule has 0 fully saturated rings. The Kier molecular flexibility index (Phi) is 3.26. The molecule has 2 nitrogen and oxygen atoms in total. The third-order valence-electron chi connectivity index (χ3n) is 3.53. The van der Waals surface area contributed by atoms with Crippen LogP contribution in [0.25, 0.3) is 0 Å². The number of nitrogens with one attached hydrogen (secondary N) is 1. The lowest BCUT2D eigenvalue weighted by Gasteiger charge is -2.13. The predicted octanol–water partition coefficient (Wildman–Crippen LogP) is 4.26. The molecule has 1 N–H and O–H groups in total. The minimum atomic E-state index is 1.15. The molecular weight excluding hydrogens is 220 g/mol. The first kappa shape index (κ1) is 11.3. The summed E-state index contributed by atoms with van der Waals surface area (Å²) in [6.45, 7) is 0. The van der Waals surface area contributed by atoms with Crippen molar-refractivity contribution in [3.8, 4) is 0 Å². The summed E-state index contributed by atoms with van der Waals surface area (Å²) in [6, 6.07) is 8.30. The van der Waals surface area contributed by atoms with Gasteiger partial charge in [-0.3, -0.25) is 4.99 Å². The highest BCUT2D eigenvalue weighted by molar-refractivity contribution is 5.89. The van der Waals surface area contributed by atoms with E-state index in [2.05, 4.69) is 34.6 Å². The van der Waals surface area contributed by atoms with Crippen LogP contribution in [0.15, 0.2) is 52.8 Å². The topological polar surface area (TPSA) is 24.4 Å². The van der Waals surface area contributed by atoms with Gasteiger partial charge < -0.3 is 5.32 Å². The van der Waals surface area contributed by atoms with Gasteiger partial charge in [0.15, 0.2) is 0 Å². The minimum Gasteiger partial charge on any atom is -0.354 e. The van der Waals surface area contributed by atoms with E-state index in [0.29, 0.717) is 0 Å². The molecule has 0 amide bonds. The normalized spacial score (nSPS) is 18.9. The molecule has 0 bridgehead atoms. The van der Waals surface area contributed by atoms with Gasteiger partial charge in [-0.2, -0.15) is 0 Å². The van der Waals surface area contributed by atoms with E-state index in [4.69, 9.17) is 0 Å². The van der Waals surface area contributed by atoms with Crippen molar-refractivity contribution in [2.24, 2.45) is 4.99 Å². The maximum atomic E-state index is 4.41. The zero-order chi connectivity index (χ0) is 12.2. The van der Waals surface area contributed by atoms with Crippen LogP contribution in [0.1, 0.15) is 37.7 Å². The number of fused-ring (bicyclic) bond motifs is 1. The van der Waals surface area contributed by atoms with Gasteiger partial charge in [-0.15, -0.1) is 0 Å². The fourth-order valence-electron chi connectivity index (χ4n) is 2.52. The van der Waals surface area contributed by atoms with Crippen LogP contribution in [-0.4, -0.2) is 6.21 Å². The molecule has 18 heavy (non-hydrogen) atoms. The number of aliphatic imine (C=N–C) groups is 1. The Hall–Kier alpha value is -1.83. The fourth-order valence-corrected chi connectivity index (χ4v) is 2.52. The molecule has 2 heteroatoms. The Morgan fingerprint density at radius 1 is 1.06 bits per heavy atom. The lowest BCUT2D eigenvalue weighted by atomic mass is 10.1. The van der Waals surface area contributed by atoms with E-state index in [1.165, 1.54) is 31.3 Å². The third kappa shape index (κ3) is 2.37. The van der Waals surface area contributed by atoms with Crippen LogP contribution in [0, 0.1) is 0 Å². The van der Waals surface area contributed by atoms with Crippen LogP contribution >= 0.6 is 0 Å². The molecule has 1 aromatic carbocycles. The largest absolute Gasteiger partial charge is 0.354 e. The average Bonchev–Trinajstić information content (AvgIpc) is 2.79. The van der Waals surface area contributed by atoms with E-state index >= 15 is 0 Å². The van der Waals surface area contributed by atoms with Gasteiger partial charge in [0.05, 0.1) is 11.9 Å². The number of para-hydroxylation sites is 1. The summed E-state index contributed by atoms with van der Waals surface area (Å²) in [5, 5.41) is 3.52. The van der Waals surface area contributed by atoms with E-state index in [1.54, 1.807) is 0 Å². The molecule has 0 atom stereocenters. The maximum absolute atomic E-state index is 4.41. The summed E-state index contributed by atoms with van der Waals surface area (Å²) in [5.41, 5.74) is 4.88. The van der Waals surface area contributed by atoms with Crippen LogP contribution in [0.3, 0.4) is 0 Å². The third-order valence-corrected chi connectivity index (χ3v) is 3.53. The van der Waals surface area contributed by atoms with Gasteiger partial charge in [-0.1, -0.05) is 30.7 Å². The van der Waals surface area contributed by atoms with E-state index < -0.39 is 0 Å². The van der Waals surface area contributed by atoms with Crippen molar-refractivity contribution < 1.29 is 0 Å². The number of hydrogen-bond acceptors (Lipinski definition) is 2.